The first-order chi connectivity index (χ1) is 14.9. The van der Waals surface area contributed by atoms with Crippen molar-refractivity contribution in [3.63, 3.8) is 0 Å². The van der Waals surface area contributed by atoms with Crippen LogP contribution in [0.25, 0.3) is 0 Å². The lowest BCUT2D eigenvalue weighted by Crippen LogP contribution is -2.63. The van der Waals surface area contributed by atoms with Crippen LogP contribution in [0.1, 0.15) is 26.3 Å². The first-order valence-corrected chi connectivity index (χ1v) is 10.4. The zero-order valence-electron chi connectivity index (χ0n) is 18.1. The molecule has 4 amide bonds. The molecule has 8 nitrogen and oxygen atoms in total. The number of rotatable bonds is 6. The Hall–Kier alpha value is -3.39. The van der Waals surface area contributed by atoms with Crippen LogP contribution in [-0.2, 0) is 20.9 Å². The lowest BCUT2D eigenvalue weighted by molar-refractivity contribution is -0.145. The lowest BCUT2D eigenvalue weighted by atomic mass is 9.85. The van der Waals surface area contributed by atoms with Gasteiger partial charge in [0.2, 0.25) is 0 Å². The van der Waals surface area contributed by atoms with Gasteiger partial charge in [0.1, 0.15) is 6.54 Å². The number of alkyl halides is 1. The summed E-state index contributed by atoms with van der Waals surface area (Å²) in [6, 6.07) is 14.5. The van der Waals surface area contributed by atoms with Crippen LogP contribution in [0.3, 0.4) is 0 Å². The summed E-state index contributed by atoms with van der Waals surface area (Å²) in [6.45, 7) is 4.52. The highest BCUT2D eigenvalue weighted by atomic mass is 35.5. The molecule has 0 spiro atoms. The Morgan fingerprint density at radius 2 is 1.72 bits per heavy atom. The molecule has 1 aliphatic heterocycles. The van der Waals surface area contributed by atoms with Gasteiger partial charge in [0, 0.05) is 23.3 Å². The van der Waals surface area contributed by atoms with Gasteiger partial charge in [-0.25, -0.2) is 9.69 Å². The van der Waals surface area contributed by atoms with E-state index in [-0.39, 0.29) is 18.8 Å². The molecule has 32 heavy (non-hydrogen) atoms. The van der Waals surface area contributed by atoms with Crippen molar-refractivity contribution < 1.29 is 19.2 Å². The van der Waals surface area contributed by atoms with Crippen molar-refractivity contribution in [2.45, 2.75) is 32.3 Å². The van der Waals surface area contributed by atoms with Crippen LogP contribution in [-0.4, -0.2) is 45.0 Å². The third kappa shape index (κ3) is 4.45. The zero-order chi connectivity index (χ0) is 23.7. The quantitative estimate of drug-likeness (QED) is 0.228. The second-order valence-corrected chi connectivity index (χ2v) is 9.18. The molecule has 0 saturated carbocycles. The molecule has 0 aliphatic carbocycles. The van der Waals surface area contributed by atoms with E-state index in [1.807, 2.05) is 18.2 Å². The third-order valence-electron chi connectivity index (χ3n) is 4.99. The van der Waals surface area contributed by atoms with Gasteiger partial charge in [-0.15, -0.1) is 0 Å². The Morgan fingerprint density at radius 1 is 1.06 bits per heavy atom. The Labute approximate surface area is 191 Å². The summed E-state index contributed by atoms with van der Waals surface area (Å²) >= 11 is 6.64. The number of urea groups is 1. The summed E-state index contributed by atoms with van der Waals surface area (Å²) in [6.07, 6.45) is 0. The Bertz CT molecular complexity index is 1070. The molecule has 168 valence electrons. The predicted octanol–water partition coefficient (Wildman–Crippen LogP) is 3.22. The van der Waals surface area contributed by atoms with E-state index < -0.39 is 34.0 Å². The van der Waals surface area contributed by atoms with Gasteiger partial charge in [-0.1, -0.05) is 68.8 Å². The van der Waals surface area contributed by atoms with Crippen molar-refractivity contribution in [1.29, 1.82) is 0 Å². The van der Waals surface area contributed by atoms with Gasteiger partial charge in [-0.05, 0) is 23.8 Å². The maximum absolute atomic E-state index is 13.3. The molecule has 0 radical (unpaired) electrons. The van der Waals surface area contributed by atoms with Crippen LogP contribution < -0.4 is 11.1 Å². The number of Topliss-reactive ketones (excluding diaryl/α,β-unsaturated/α-hetero) is 1. The molecule has 9 heteroatoms. The average Bonchev–Trinajstić information content (AvgIpc) is 3.00. The number of hydrogen-bond donors (Lipinski definition) is 2. The average molecular weight is 457 g/mol. The fraction of sp³-hybridized carbons (Fsp3) is 0.304. The second-order valence-electron chi connectivity index (χ2n) is 8.63. The van der Waals surface area contributed by atoms with E-state index >= 15 is 0 Å². The topological polar surface area (TPSA) is 113 Å². The van der Waals surface area contributed by atoms with Crippen LogP contribution in [0.5, 0.6) is 0 Å². The normalized spacial score (nSPS) is 16.1. The van der Waals surface area contributed by atoms with Gasteiger partial charge < -0.3 is 16.0 Å². The molecule has 2 aromatic rings. The van der Waals surface area contributed by atoms with Crippen LogP contribution in [0.4, 0.5) is 16.2 Å². The molecule has 1 saturated heterocycles. The van der Waals surface area contributed by atoms with E-state index in [0.29, 0.717) is 10.6 Å². The highest BCUT2D eigenvalue weighted by Crippen LogP contribution is 2.36. The van der Waals surface area contributed by atoms with Crippen molar-refractivity contribution in [2.75, 3.05) is 17.6 Å². The maximum atomic E-state index is 13.3. The molecule has 0 aromatic heterocycles. The summed E-state index contributed by atoms with van der Waals surface area (Å²) in [5.41, 5.74) is 6.09. The van der Waals surface area contributed by atoms with Crippen LogP contribution in [0.15, 0.2) is 54.6 Å². The van der Waals surface area contributed by atoms with Gasteiger partial charge in [0.15, 0.2) is 5.78 Å². The first-order valence-electron chi connectivity index (χ1n) is 10.0. The number of nitrogens with zero attached hydrogens (tertiary/aromatic N) is 2. The molecule has 3 rings (SSSR count). The molecule has 1 fully saturated rings. The maximum Gasteiger partial charge on any atom is 0.329 e. The SMILES string of the molecule is CC(C)(C)C(=O)C(Cl)(C(=O)Nc1cccc(N)c1)N1C(=O)CN(Cc2ccccc2)C1=O. The van der Waals surface area contributed by atoms with Gasteiger partial charge in [0.25, 0.3) is 16.8 Å². The van der Waals surface area contributed by atoms with Crippen LogP contribution in [0.2, 0.25) is 0 Å². The largest absolute Gasteiger partial charge is 0.399 e. The van der Waals surface area contributed by atoms with Gasteiger partial charge in [-0.2, -0.15) is 0 Å². The summed E-state index contributed by atoms with van der Waals surface area (Å²) in [5, 5.41) is 2.52. The standard InChI is InChI=1S/C23H25ClN4O4/c1-22(2,3)19(30)23(24,20(31)26-17-11-7-10-16(25)12-17)28-18(29)14-27(21(28)32)13-15-8-5-4-6-9-15/h4-12H,13-14,25H2,1-3H3,(H,26,31). The number of nitrogens with one attached hydrogen (secondary N) is 1. The van der Waals surface area contributed by atoms with E-state index in [2.05, 4.69) is 5.32 Å². The number of carbonyl (C=O) groups is 4. The molecule has 3 N–H and O–H groups in total. The van der Waals surface area contributed by atoms with Crippen molar-refractivity contribution in [2.24, 2.45) is 5.41 Å². The summed E-state index contributed by atoms with van der Waals surface area (Å²) in [7, 11) is 0. The van der Waals surface area contributed by atoms with Crippen LogP contribution in [0, 0.1) is 5.41 Å². The number of ketones is 1. The molecule has 1 aliphatic rings. The van der Waals surface area contributed by atoms with E-state index in [9.17, 15) is 19.2 Å². The zero-order valence-corrected chi connectivity index (χ0v) is 18.8. The molecular weight excluding hydrogens is 432 g/mol. The van der Waals surface area contributed by atoms with E-state index in [0.717, 1.165) is 5.56 Å². The minimum atomic E-state index is -2.57. The first kappa shape index (κ1) is 23.3. The smallest absolute Gasteiger partial charge is 0.329 e. The minimum absolute atomic E-state index is 0.134. The number of imide groups is 1. The van der Waals surface area contributed by atoms with E-state index in [4.69, 9.17) is 17.3 Å². The lowest BCUT2D eigenvalue weighted by Gasteiger charge is -2.36. The number of anilines is 2. The second kappa shape index (κ2) is 8.63. The van der Waals surface area contributed by atoms with Crippen molar-refractivity contribution in [1.82, 2.24) is 9.80 Å². The fourth-order valence-electron chi connectivity index (χ4n) is 3.41. The monoisotopic (exact) mass is 456 g/mol. The Morgan fingerprint density at radius 3 is 2.31 bits per heavy atom. The molecule has 2 aromatic carbocycles. The summed E-state index contributed by atoms with van der Waals surface area (Å²) < 4.78 is 0. The molecule has 1 heterocycles. The third-order valence-corrected chi connectivity index (χ3v) is 5.50. The highest BCUT2D eigenvalue weighted by molar-refractivity contribution is 6.50. The number of nitrogens with two attached hydrogens (primary N) is 1. The number of nitrogen functional groups attached to an aromatic ring is 1. The molecular formula is C23H25ClN4O4. The predicted molar refractivity (Wildman–Crippen MR) is 122 cm³/mol. The van der Waals surface area contributed by atoms with Crippen molar-refractivity contribution in [3.05, 3.63) is 60.2 Å². The number of hydrogen-bond acceptors (Lipinski definition) is 5. The number of benzene rings is 2. The van der Waals surface area contributed by atoms with E-state index in [1.54, 1.807) is 51.1 Å². The molecule has 1 unspecified atom stereocenters. The molecule has 0 bridgehead atoms. The molecule has 1 atom stereocenters. The fourth-order valence-corrected chi connectivity index (χ4v) is 3.91. The Kier molecular flexibility index (Phi) is 6.27. The summed E-state index contributed by atoms with van der Waals surface area (Å²) in [5.74, 6) is -2.52. The van der Waals surface area contributed by atoms with E-state index in [1.165, 1.54) is 11.0 Å². The Balaban J connectivity index is 1.97. The van der Waals surface area contributed by atoms with Gasteiger partial charge in [0.05, 0.1) is 0 Å². The highest BCUT2D eigenvalue weighted by Gasteiger charge is 2.60. The summed E-state index contributed by atoms with van der Waals surface area (Å²) in [4.78, 5) is 52.0. The number of amides is 4. The number of halogens is 1. The number of carbonyl (C=O) groups excluding carboxylic acids is 4. The van der Waals surface area contributed by atoms with Crippen LogP contribution >= 0.6 is 11.6 Å². The van der Waals surface area contributed by atoms with Gasteiger partial charge in [-0.3, -0.25) is 14.4 Å². The minimum Gasteiger partial charge on any atom is -0.399 e. The van der Waals surface area contributed by atoms with Crippen molar-refractivity contribution in [3.8, 4) is 0 Å². The van der Waals surface area contributed by atoms with Crippen molar-refractivity contribution >= 4 is 46.6 Å². The van der Waals surface area contributed by atoms with Gasteiger partial charge >= 0.3 is 6.03 Å².